The topological polar surface area (TPSA) is 35.5 Å². The second kappa shape index (κ2) is 4.92. The van der Waals surface area contributed by atoms with Crippen molar-refractivity contribution >= 4 is 5.97 Å². The van der Waals surface area contributed by atoms with Crippen LogP contribution in [0.1, 0.15) is 25.7 Å². The van der Waals surface area contributed by atoms with Crippen LogP contribution < -0.4 is 4.74 Å². The molecule has 1 fully saturated rings. The highest BCUT2D eigenvalue weighted by Crippen LogP contribution is 2.40. The first-order chi connectivity index (χ1) is 8.56. The van der Waals surface area contributed by atoms with Gasteiger partial charge in [-0.25, -0.2) is 4.39 Å². The Bertz CT molecular complexity index is 456. The molecule has 0 spiro atoms. The minimum atomic E-state index is -1.02. The van der Waals surface area contributed by atoms with Gasteiger partial charge in [0.2, 0.25) is 5.82 Å². The van der Waals surface area contributed by atoms with Crippen LogP contribution in [0.5, 0.6) is 5.75 Å². The van der Waals surface area contributed by atoms with Crippen molar-refractivity contribution in [1.82, 2.24) is 0 Å². The Labute approximate surface area is 104 Å². The molecule has 0 aromatic heterocycles. The Balaban J connectivity index is 2.15. The average Bonchev–Trinajstić information content (AvgIpc) is 2.31. The van der Waals surface area contributed by atoms with E-state index < -0.39 is 23.2 Å². The molecular formula is C13H14F2O3. The van der Waals surface area contributed by atoms with Gasteiger partial charge in [-0.3, -0.25) is 4.79 Å². The summed E-state index contributed by atoms with van der Waals surface area (Å²) in [4.78, 5) is 11.3. The van der Waals surface area contributed by atoms with Crippen molar-refractivity contribution in [3.8, 4) is 5.75 Å². The second-order valence-electron chi connectivity index (χ2n) is 4.44. The monoisotopic (exact) mass is 256 g/mol. The Morgan fingerprint density at radius 3 is 2.67 bits per heavy atom. The van der Waals surface area contributed by atoms with E-state index in [9.17, 15) is 13.6 Å². The molecule has 1 aliphatic carbocycles. The van der Waals surface area contributed by atoms with Crippen molar-refractivity contribution in [3.63, 3.8) is 0 Å². The molecule has 5 heteroatoms. The molecule has 0 radical (unpaired) electrons. The van der Waals surface area contributed by atoms with Gasteiger partial charge in [-0.05, 0) is 31.4 Å². The quantitative estimate of drug-likeness (QED) is 0.777. The number of carbonyl (C=O) groups is 1. The second-order valence-corrected chi connectivity index (χ2v) is 4.44. The lowest BCUT2D eigenvalue weighted by Gasteiger charge is -2.41. The van der Waals surface area contributed by atoms with Gasteiger partial charge in [0.15, 0.2) is 11.6 Å². The largest absolute Gasteiger partial charge is 0.483 e. The van der Waals surface area contributed by atoms with Gasteiger partial charge >= 0.3 is 5.97 Å². The third kappa shape index (κ3) is 2.44. The molecule has 0 unspecified atom stereocenters. The van der Waals surface area contributed by atoms with Gasteiger partial charge < -0.3 is 9.47 Å². The Hall–Kier alpha value is -1.65. The van der Waals surface area contributed by atoms with Gasteiger partial charge in [0.1, 0.15) is 5.60 Å². The summed E-state index contributed by atoms with van der Waals surface area (Å²) < 4.78 is 36.6. The number of rotatable bonds is 4. The van der Waals surface area contributed by atoms with Crippen LogP contribution in [0.25, 0.3) is 0 Å². The number of methoxy groups -OCH3 is 1. The molecule has 3 nitrogen and oxygen atoms in total. The molecule has 0 heterocycles. The smallest absolute Gasteiger partial charge is 0.309 e. The summed E-state index contributed by atoms with van der Waals surface area (Å²) in [7, 11) is 1.29. The number of benzene rings is 1. The van der Waals surface area contributed by atoms with Crippen LogP contribution >= 0.6 is 0 Å². The van der Waals surface area contributed by atoms with E-state index in [1.807, 2.05) is 0 Å². The van der Waals surface area contributed by atoms with Crippen molar-refractivity contribution in [2.45, 2.75) is 31.3 Å². The van der Waals surface area contributed by atoms with E-state index in [0.717, 1.165) is 12.5 Å². The molecule has 2 rings (SSSR count). The van der Waals surface area contributed by atoms with E-state index in [1.54, 1.807) is 0 Å². The van der Waals surface area contributed by atoms with Crippen molar-refractivity contribution < 1.29 is 23.0 Å². The first-order valence-corrected chi connectivity index (χ1v) is 5.76. The molecular weight excluding hydrogens is 242 g/mol. The lowest BCUT2D eigenvalue weighted by atomic mass is 9.77. The summed E-state index contributed by atoms with van der Waals surface area (Å²) in [5.74, 6) is -2.54. The molecule has 0 bridgehead atoms. The van der Waals surface area contributed by atoms with Crippen LogP contribution in [-0.2, 0) is 9.53 Å². The highest BCUT2D eigenvalue weighted by Gasteiger charge is 2.42. The molecule has 98 valence electrons. The number of hydrogen-bond donors (Lipinski definition) is 0. The fraction of sp³-hybridized carbons (Fsp3) is 0.462. The summed E-state index contributed by atoms with van der Waals surface area (Å²) in [6, 6.07) is 3.75. The van der Waals surface area contributed by atoms with E-state index in [-0.39, 0.29) is 12.2 Å². The summed E-state index contributed by atoms with van der Waals surface area (Å²) in [6.07, 6.45) is 2.23. The van der Waals surface area contributed by atoms with Crippen LogP contribution in [0.4, 0.5) is 8.78 Å². The SMILES string of the molecule is COC(=O)CC1(Oc2cccc(F)c2F)CCC1. The van der Waals surface area contributed by atoms with Crippen LogP contribution in [0.3, 0.4) is 0 Å². The maximum atomic E-state index is 13.5. The lowest BCUT2D eigenvalue weighted by Crippen LogP contribution is -2.45. The van der Waals surface area contributed by atoms with Gasteiger partial charge in [0.05, 0.1) is 13.5 Å². The molecule has 0 atom stereocenters. The Morgan fingerprint density at radius 1 is 1.39 bits per heavy atom. The maximum Gasteiger partial charge on any atom is 0.309 e. The highest BCUT2D eigenvalue weighted by atomic mass is 19.2. The normalized spacial score (nSPS) is 16.8. The summed E-state index contributed by atoms with van der Waals surface area (Å²) >= 11 is 0. The molecule has 0 aliphatic heterocycles. The zero-order valence-electron chi connectivity index (χ0n) is 10.0. The minimum absolute atomic E-state index is 0.0550. The van der Waals surface area contributed by atoms with Crippen LogP contribution in [0.15, 0.2) is 18.2 Å². The summed E-state index contributed by atoms with van der Waals surface area (Å²) in [5, 5.41) is 0. The molecule has 0 N–H and O–H groups in total. The number of carbonyl (C=O) groups excluding carboxylic acids is 1. The fourth-order valence-electron chi connectivity index (χ4n) is 2.02. The van der Waals surface area contributed by atoms with Crippen LogP contribution in [0.2, 0.25) is 0 Å². The standard InChI is InChI=1S/C13H14F2O3/c1-17-11(16)8-13(6-3-7-13)18-10-5-2-4-9(14)12(10)15/h2,4-5H,3,6-8H2,1H3. The van der Waals surface area contributed by atoms with Gasteiger partial charge in [-0.1, -0.05) is 6.07 Å². The van der Waals surface area contributed by atoms with E-state index in [0.29, 0.717) is 12.8 Å². The van der Waals surface area contributed by atoms with Crippen molar-refractivity contribution in [3.05, 3.63) is 29.8 Å². The minimum Gasteiger partial charge on any atom is -0.483 e. The Kier molecular flexibility index (Phi) is 3.50. The van der Waals surface area contributed by atoms with E-state index in [2.05, 4.69) is 4.74 Å². The van der Waals surface area contributed by atoms with Crippen molar-refractivity contribution in [2.75, 3.05) is 7.11 Å². The zero-order valence-corrected chi connectivity index (χ0v) is 10.0. The van der Waals surface area contributed by atoms with Gasteiger partial charge in [0, 0.05) is 0 Å². The third-order valence-corrected chi connectivity index (χ3v) is 3.20. The number of halogens is 2. The first-order valence-electron chi connectivity index (χ1n) is 5.76. The number of ether oxygens (including phenoxy) is 2. The van der Waals surface area contributed by atoms with Crippen molar-refractivity contribution in [1.29, 1.82) is 0 Å². The molecule has 1 aliphatic rings. The average molecular weight is 256 g/mol. The number of esters is 1. The fourth-order valence-corrected chi connectivity index (χ4v) is 2.02. The van der Waals surface area contributed by atoms with Crippen molar-refractivity contribution in [2.24, 2.45) is 0 Å². The predicted octanol–water partition coefficient (Wildman–Crippen LogP) is 2.83. The van der Waals surface area contributed by atoms with Crippen LogP contribution in [-0.4, -0.2) is 18.7 Å². The van der Waals surface area contributed by atoms with Crippen LogP contribution in [0, 0.1) is 11.6 Å². The van der Waals surface area contributed by atoms with Gasteiger partial charge in [0.25, 0.3) is 0 Å². The molecule has 0 saturated heterocycles. The summed E-state index contributed by atoms with van der Waals surface area (Å²) in [6.45, 7) is 0. The lowest BCUT2D eigenvalue weighted by molar-refractivity contribution is -0.148. The van der Waals surface area contributed by atoms with E-state index >= 15 is 0 Å². The molecule has 0 amide bonds. The first kappa shape index (κ1) is 12.8. The molecule has 1 aromatic rings. The highest BCUT2D eigenvalue weighted by molar-refractivity contribution is 5.70. The molecule has 18 heavy (non-hydrogen) atoms. The third-order valence-electron chi connectivity index (χ3n) is 3.20. The predicted molar refractivity (Wildman–Crippen MR) is 60.2 cm³/mol. The Morgan fingerprint density at radius 2 is 2.11 bits per heavy atom. The van der Waals surface area contributed by atoms with E-state index in [4.69, 9.17) is 4.74 Å². The van der Waals surface area contributed by atoms with E-state index in [1.165, 1.54) is 19.2 Å². The van der Waals surface area contributed by atoms with Gasteiger partial charge in [-0.2, -0.15) is 4.39 Å². The molecule has 1 saturated carbocycles. The van der Waals surface area contributed by atoms with Gasteiger partial charge in [-0.15, -0.1) is 0 Å². The molecule has 1 aromatic carbocycles. The summed E-state index contributed by atoms with van der Waals surface area (Å²) in [5.41, 5.74) is -0.748. The number of hydrogen-bond acceptors (Lipinski definition) is 3. The maximum absolute atomic E-state index is 13.5. The zero-order chi connectivity index (χ0) is 13.2.